The molecule has 2 aliphatic rings. The zero-order valence-corrected chi connectivity index (χ0v) is 14.6. The van der Waals surface area contributed by atoms with Crippen molar-refractivity contribution in [2.45, 2.75) is 32.4 Å². The van der Waals surface area contributed by atoms with E-state index in [2.05, 4.69) is 10.2 Å². The average Bonchev–Trinajstić information content (AvgIpc) is 3.10. The van der Waals surface area contributed by atoms with E-state index < -0.39 is 21.9 Å². The molecule has 3 rings (SSSR count). The van der Waals surface area contributed by atoms with Crippen molar-refractivity contribution in [1.82, 2.24) is 20.0 Å². The Morgan fingerprint density at radius 1 is 1.25 bits per heavy atom. The number of carbonyl (C=O) groups excluding carboxylic acids is 2. The van der Waals surface area contributed by atoms with Gasteiger partial charge in [-0.05, 0) is 12.0 Å². The van der Waals surface area contributed by atoms with Crippen LogP contribution in [0, 0.1) is 5.92 Å². The molecule has 0 bridgehead atoms. The standard InChI is InChI=1S/C15H22N4O4S/c1-10(2)7-14(20)18-5-6-19(15(21)11-3-4-16-17-11)13-9-24(22,23)8-12(13)18/h3-4,10,12-13H,5-9H2,1-2H3,(H,16,17)/t12-,13+/m1/s1. The number of hydrogen-bond acceptors (Lipinski definition) is 5. The summed E-state index contributed by atoms with van der Waals surface area (Å²) in [4.78, 5) is 28.3. The second-order valence-electron chi connectivity index (χ2n) is 6.87. The lowest BCUT2D eigenvalue weighted by molar-refractivity contribution is -0.137. The Labute approximate surface area is 141 Å². The number of rotatable bonds is 3. The lowest BCUT2D eigenvalue weighted by Gasteiger charge is -2.44. The number of aromatic amines is 1. The second kappa shape index (κ2) is 6.19. The number of nitrogens with zero attached hydrogens (tertiary/aromatic N) is 3. The first kappa shape index (κ1) is 16.9. The topological polar surface area (TPSA) is 103 Å². The van der Waals surface area contributed by atoms with Crippen LogP contribution >= 0.6 is 0 Å². The van der Waals surface area contributed by atoms with Gasteiger partial charge in [-0.25, -0.2) is 8.42 Å². The van der Waals surface area contributed by atoms with Crippen molar-refractivity contribution in [2.24, 2.45) is 5.92 Å². The maximum absolute atomic E-state index is 12.6. The quantitative estimate of drug-likeness (QED) is 0.817. The van der Waals surface area contributed by atoms with Crippen LogP contribution in [0.2, 0.25) is 0 Å². The molecule has 8 nitrogen and oxygen atoms in total. The molecule has 24 heavy (non-hydrogen) atoms. The highest BCUT2D eigenvalue weighted by Crippen LogP contribution is 2.28. The van der Waals surface area contributed by atoms with Crippen LogP contribution in [0.4, 0.5) is 0 Å². The summed E-state index contributed by atoms with van der Waals surface area (Å²) in [6.45, 7) is 4.61. The molecule has 2 fully saturated rings. The van der Waals surface area contributed by atoms with Crippen LogP contribution in [0.25, 0.3) is 0 Å². The zero-order valence-electron chi connectivity index (χ0n) is 13.8. The van der Waals surface area contributed by atoms with E-state index >= 15 is 0 Å². The number of nitrogens with one attached hydrogen (secondary N) is 1. The van der Waals surface area contributed by atoms with Crippen molar-refractivity contribution in [3.05, 3.63) is 18.0 Å². The molecule has 9 heteroatoms. The average molecular weight is 354 g/mol. The fraction of sp³-hybridized carbons (Fsp3) is 0.667. The van der Waals surface area contributed by atoms with Crippen molar-refractivity contribution < 1.29 is 18.0 Å². The minimum Gasteiger partial charge on any atom is -0.335 e. The normalized spacial score (nSPS) is 25.8. The molecule has 2 saturated heterocycles. The molecular formula is C15H22N4O4S. The summed E-state index contributed by atoms with van der Waals surface area (Å²) < 4.78 is 24.3. The fourth-order valence-corrected chi connectivity index (χ4v) is 5.49. The Bertz CT molecular complexity index is 729. The van der Waals surface area contributed by atoms with Crippen molar-refractivity contribution in [3.63, 3.8) is 0 Å². The molecule has 132 valence electrons. The van der Waals surface area contributed by atoms with Crippen LogP contribution in [-0.4, -0.2) is 76.9 Å². The van der Waals surface area contributed by atoms with Gasteiger partial charge in [-0.15, -0.1) is 0 Å². The zero-order chi connectivity index (χ0) is 17.5. The number of carbonyl (C=O) groups is 2. The number of sulfone groups is 1. The molecule has 0 aliphatic carbocycles. The van der Waals surface area contributed by atoms with Gasteiger partial charge in [0.2, 0.25) is 5.91 Å². The van der Waals surface area contributed by atoms with Crippen molar-refractivity contribution in [1.29, 1.82) is 0 Å². The van der Waals surface area contributed by atoms with E-state index in [4.69, 9.17) is 0 Å². The molecule has 1 aromatic rings. The molecule has 1 N–H and O–H groups in total. The highest BCUT2D eigenvalue weighted by Gasteiger charge is 2.49. The highest BCUT2D eigenvalue weighted by atomic mass is 32.2. The van der Waals surface area contributed by atoms with Crippen LogP contribution in [0.1, 0.15) is 30.8 Å². The van der Waals surface area contributed by atoms with E-state index in [0.29, 0.717) is 25.2 Å². The molecule has 2 aliphatic heterocycles. The number of amides is 2. The summed E-state index contributed by atoms with van der Waals surface area (Å²) in [7, 11) is -3.27. The molecule has 0 spiro atoms. The number of aromatic nitrogens is 2. The maximum atomic E-state index is 12.6. The van der Waals surface area contributed by atoms with E-state index in [1.807, 2.05) is 13.8 Å². The van der Waals surface area contributed by atoms with E-state index in [1.165, 1.54) is 6.20 Å². The van der Waals surface area contributed by atoms with E-state index in [0.717, 1.165) is 0 Å². The lowest BCUT2D eigenvalue weighted by atomic mass is 10.0. The monoisotopic (exact) mass is 354 g/mol. The first-order chi connectivity index (χ1) is 11.3. The van der Waals surface area contributed by atoms with Gasteiger partial charge < -0.3 is 9.80 Å². The van der Waals surface area contributed by atoms with Gasteiger partial charge in [0, 0.05) is 25.7 Å². The van der Waals surface area contributed by atoms with Gasteiger partial charge in [0.15, 0.2) is 9.84 Å². The van der Waals surface area contributed by atoms with Crippen LogP contribution in [0.5, 0.6) is 0 Å². The van der Waals surface area contributed by atoms with Gasteiger partial charge >= 0.3 is 0 Å². The molecule has 2 atom stereocenters. The Morgan fingerprint density at radius 3 is 2.46 bits per heavy atom. The molecular weight excluding hydrogens is 332 g/mol. The van der Waals surface area contributed by atoms with E-state index in [-0.39, 0.29) is 29.2 Å². The Balaban J connectivity index is 1.85. The number of H-pyrrole nitrogens is 1. The minimum atomic E-state index is -3.27. The number of fused-ring (bicyclic) bond motifs is 1. The third-order valence-electron chi connectivity index (χ3n) is 4.57. The smallest absolute Gasteiger partial charge is 0.272 e. The summed E-state index contributed by atoms with van der Waals surface area (Å²) in [5.74, 6) is -0.267. The summed E-state index contributed by atoms with van der Waals surface area (Å²) in [5, 5.41) is 6.40. The molecule has 0 unspecified atom stereocenters. The molecule has 2 amide bonds. The molecule has 0 radical (unpaired) electrons. The van der Waals surface area contributed by atoms with Crippen LogP contribution in [0.15, 0.2) is 12.3 Å². The van der Waals surface area contributed by atoms with Crippen molar-refractivity contribution >= 4 is 21.7 Å². The van der Waals surface area contributed by atoms with Crippen LogP contribution in [-0.2, 0) is 14.6 Å². The van der Waals surface area contributed by atoms with Crippen molar-refractivity contribution in [3.8, 4) is 0 Å². The Morgan fingerprint density at radius 2 is 1.88 bits per heavy atom. The first-order valence-corrected chi connectivity index (χ1v) is 9.91. The Hall–Kier alpha value is -1.90. The third-order valence-corrected chi connectivity index (χ3v) is 6.27. The molecule has 3 heterocycles. The summed E-state index contributed by atoms with van der Waals surface area (Å²) in [6.07, 6.45) is 1.87. The number of piperazine rings is 1. The Kier molecular flexibility index (Phi) is 4.37. The van der Waals surface area contributed by atoms with Crippen molar-refractivity contribution in [2.75, 3.05) is 24.6 Å². The largest absolute Gasteiger partial charge is 0.335 e. The van der Waals surface area contributed by atoms with Gasteiger partial charge in [0.05, 0.1) is 23.6 Å². The lowest BCUT2D eigenvalue weighted by Crippen LogP contribution is -2.62. The summed E-state index contributed by atoms with van der Waals surface area (Å²) in [6, 6.07) is 0.620. The van der Waals surface area contributed by atoms with Crippen LogP contribution < -0.4 is 0 Å². The van der Waals surface area contributed by atoms with Gasteiger partial charge in [-0.3, -0.25) is 14.7 Å². The minimum absolute atomic E-state index is 0.0364. The number of hydrogen-bond donors (Lipinski definition) is 1. The second-order valence-corrected chi connectivity index (χ2v) is 9.02. The van der Waals surface area contributed by atoms with Crippen LogP contribution in [0.3, 0.4) is 0 Å². The maximum Gasteiger partial charge on any atom is 0.272 e. The predicted octanol–water partition coefficient (Wildman–Crippen LogP) is -0.0942. The highest BCUT2D eigenvalue weighted by molar-refractivity contribution is 7.91. The van der Waals surface area contributed by atoms with E-state index in [1.54, 1.807) is 15.9 Å². The predicted molar refractivity (Wildman–Crippen MR) is 87.0 cm³/mol. The van der Waals surface area contributed by atoms with Gasteiger partial charge in [-0.1, -0.05) is 13.8 Å². The molecule has 1 aromatic heterocycles. The van der Waals surface area contributed by atoms with Gasteiger partial charge in [0.25, 0.3) is 5.91 Å². The molecule has 0 saturated carbocycles. The first-order valence-electron chi connectivity index (χ1n) is 8.09. The molecule has 0 aromatic carbocycles. The van der Waals surface area contributed by atoms with E-state index in [9.17, 15) is 18.0 Å². The van der Waals surface area contributed by atoms with Gasteiger partial charge in [0.1, 0.15) is 5.69 Å². The van der Waals surface area contributed by atoms with Gasteiger partial charge in [-0.2, -0.15) is 5.10 Å². The summed E-state index contributed by atoms with van der Waals surface area (Å²) >= 11 is 0. The fourth-order valence-electron chi connectivity index (χ4n) is 3.51. The SMILES string of the molecule is CC(C)CC(=O)N1CCN(C(=O)c2ccn[nH]2)[C@H]2CS(=O)(=O)C[C@H]21. The third kappa shape index (κ3) is 3.17. The summed E-state index contributed by atoms with van der Waals surface area (Å²) in [5.41, 5.74) is 0.333.